The molecule has 1 N–H and O–H groups in total. The summed E-state index contributed by atoms with van der Waals surface area (Å²) in [7, 11) is 1.66. The predicted molar refractivity (Wildman–Crippen MR) is 131 cm³/mol. The lowest BCUT2D eigenvalue weighted by atomic mass is 9.83. The number of halogens is 2. The third-order valence-corrected chi connectivity index (χ3v) is 7.02. The highest BCUT2D eigenvalue weighted by Crippen LogP contribution is 2.38. The van der Waals surface area contributed by atoms with Crippen molar-refractivity contribution in [1.82, 2.24) is 10.2 Å². The zero-order chi connectivity index (χ0) is 24.4. The Morgan fingerprint density at radius 3 is 2.60 bits per heavy atom. The van der Waals surface area contributed by atoms with Crippen molar-refractivity contribution in [2.45, 2.75) is 25.6 Å². The predicted octanol–water partition coefficient (Wildman–Crippen LogP) is 4.15. The first-order valence-electron chi connectivity index (χ1n) is 11.9. The number of rotatable bonds is 6. The standard InChI is InChI=1S/C28H29F2N3O2/c1-35-24-10-7-21-14-25(28(34)31-16-20-3-2-4-23(30)13-20)27-18-32(11-12-33(27)26(21)15-24)17-19-5-8-22(29)9-6-19/h2-10,13,15,25,27H,11-12,14,16-18H2,1H3,(H,31,34)/t25-,27+/m0/s1. The minimum absolute atomic E-state index is 0.0173. The number of benzene rings is 3. The maximum Gasteiger partial charge on any atom is 0.225 e. The third kappa shape index (κ3) is 5.15. The van der Waals surface area contributed by atoms with Gasteiger partial charge >= 0.3 is 0 Å². The Hall–Kier alpha value is -3.45. The van der Waals surface area contributed by atoms with E-state index in [0.717, 1.165) is 41.2 Å². The topological polar surface area (TPSA) is 44.8 Å². The van der Waals surface area contributed by atoms with Crippen molar-refractivity contribution in [1.29, 1.82) is 0 Å². The summed E-state index contributed by atoms with van der Waals surface area (Å²) in [5.74, 6) is -0.0429. The van der Waals surface area contributed by atoms with Gasteiger partial charge in [0.15, 0.2) is 0 Å². The van der Waals surface area contributed by atoms with E-state index >= 15 is 0 Å². The zero-order valence-corrected chi connectivity index (χ0v) is 19.7. The van der Waals surface area contributed by atoms with Gasteiger partial charge in [-0.1, -0.05) is 30.3 Å². The summed E-state index contributed by atoms with van der Waals surface area (Å²) in [6.45, 7) is 3.32. The van der Waals surface area contributed by atoms with Crippen molar-refractivity contribution in [3.8, 4) is 5.75 Å². The van der Waals surface area contributed by atoms with Crippen molar-refractivity contribution in [3.05, 3.63) is 95.1 Å². The van der Waals surface area contributed by atoms with Gasteiger partial charge in [-0.2, -0.15) is 0 Å². The van der Waals surface area contributed by atoms with Crippen molar-refractivity contribution in [2.24, 2.45) is 5.92 Å². The molecule has 3 aromatic carbocycles. The van der Waals surface area contributed by atoms with E-state index in [9.17, 15) is 13.6 Å². The minimum atomic E-state index is -0.313. The first-order valence-corrected chi connectivity index (χ1v) is 11.9. The second-order valence-corrected chi connectivity index (χ2v) is 9.28. The largest absolute Gasteiger partial charge is 0.497 e. The molecule has 0 saturated carbocycles. The fourth-order valence-electron chi connectivity index (χ4n) is 5.22. The SMILES string of the molecule is COc1ccc2c(c1)N1CCN(Cc3ccc(F)cc3)C[C@@H]1[C@@H](C(=O)NCc1cccc(F)c1)C2. The fourth-order valence-corrected chi connectivity index (χ4v) is 5.22. The van der Waals surface area contributed by atoms with Crippen LogP contribution in [0.25, 0.3) is 0 Å². The highest BCUT2D eigenvalue weighted by Gasteiger charge is 2.41. The van der Waals surface area contributed by atoms with Crippen molar-refractivity contribution in [3.63, 3.8) is 0 Å². The van der Waals surface area contributed by atoms with Gasteiger partial charge in [0, 0.05) is 44.5 Å². The van der Waals surface area contributed by atoms with Gasteiger partial charge in [-0.3, -0.25) is 9.69 Å². The smallest absolute Gasteiger partial charge is 0.225 e. The van der Waals surface area contributed by atoms with E-state index in [4.69, 9.17) is 4.74 Å². The number of nitrogens with one attached hydrogen (secondary N) is 1. The molecule has 1 saturated heterocycles. The summed E-state index contributed by atoms with van der Waals surface area (Å²) < 4.78 is 32.4. The highest BCUT2D eigenvalue weighted by molar-refractivity contribution is 5.82. The molecule has 0 bridgehead atoms. The summed E-state index contributed by atoms with van der Waals surface area (Å²) in [4.78, 5) is 18.1. The first kappa shape index (κ1) is 23.3. The van der Waals surface area contributed by atoms with Crippen molar-refractivity contribution in [2.75, 3.05) is 31.6 Å². The van der Waals surface area contributed by atoms with Crippen LogP contribution in [0.3, 0.4) is 0 Å². The Bertz CT molecular complexity index is 1200. The molecule has 1 amide bonds. The molecule has 2 aliphatic heterocycles. The number of methoxy groups -OCH3 is 1. The number of nitrogens with zero attached hydrogens (tertiary/aromatic N) is 2. The average molecular weight is 478 g/mol. The summed E-state index contributed by atoms with van der Waals surface area (Å²) in [5.41, 5.74) is 4.02. The molecular weight excluding hydrogens is 448 g/mol. The number of fused-ring (bicyclic) bond motifs is 3. The molecule has 7 heteroatoms. The number of carbonyl (C=O) groups excluding carboxylic acids is 1. The molecule has 182 valence electrons. The average Bonchev–Trinajstić information content (AvgIpc) is 2.87. The molecule has 5 nitrogen and oxygen atoms in total. The highest BCUT2D eigenvalue weighted by atomic mass is 19.1. The number of amides is 1. The minimum Gasteiger partial charge on any atom is -0.497 e. The second kappa shape index (κ2) is 10.0. The molecule has 2 atom stereocenters. The normalized spacial score (nSPS) is 19.6. The monoisotopic (exact) mass is 477 g/mol. The van der Waals surface area contributed by atoms with Crippen LogP contribution in [0.5, 0.6) is 5.75 Å². The van der Waals surface area contributed by atoms with E-state index in [-0.39, 0.29) is 36.0 Å². The molecule has 0 unspecified atom stereocenters. The van der Waals surface area contributed by atoms with Gasteiger partial charge in [0.1, 0.15) is 17.4 Å². The molecular formula is C28H29F2N3O2. The number of piperazine rings is 1. The number of ether oxygens (including phenoxy) is 1. The van der Waals surface area contributed by atoms with Crippen LogP contribution in [0.15, 0.2) is 66.7 Å². The van der Waals surface area contributed by atoms with Crippen LogP contribution in [-0.4, -0.2) is 43.6 Å². The molecule has 0 aromatic heterocycles. The van der Waals surface area contributed by atoms with Crippen LogP contribution in [0.2, 0.25) is 0 Å². The molecule has 0 spiro atoms. The van der Waals surface area contributed by atoms with E-state index in [0.29, 0.717) is 19.5 Å². The Kier molecular flexibility index (Phi) is 6.68. The van der Waals surface area contributed by atoms with Crippen molar-refractivity contribution >= 4 is 11.6 Å². The second-order valence-electron chi connectivity index (χ2n) is 9.28. The number of anilines is 1. The molecule has 1 fully saturated rings. The molecule has 3 aromatic rings. The zero-order valence-electron chi connectivity index (χ0n) is 19.7. The molecule has 2 heterocycles. The number of hydrogen-bond acceptors (Lipinski definition) is 4. The maximum atomic E-state index is 13.6. The van der Waals surface area contributed by atoms with Crippen LogP contribution in [-0.2, 0) is 24.3 Å². The number of hydrogen-bond donors (Lipinski definition) is 1. The van der Waals surface area contributed by atoms with E-state index < -0.39 is 0 Å². The Morgan fingerprint density at radius 1 is 1.00 bits per heavy atom. The van der Waals surface area contributed by atoms with E-state index in [1.807, 2.05) is 30.3 Å². The lowest BCUT2D eigenvalue weighted by Crippen LogP contribution is -2.60. The van der Waals surface area contributed by atoms with Gasteiger partial charge < -0.3 is 15.0 Å². The molecule has 0 aliphatic carbocycles. The van der Waals surface area contributed by atoms with Gasteiger partial charge in [0.2, 0.25) is 5.91 Å². The van der Waals surface area contributed by atoms with Gasteiger partial charge in [-0.15, -0.1) is 0 Å². The van der Waals surface area contributed by atoms with Crippen molar-refractivity contribution < 1.29 is 18.3 Å². The summed E-state index contributed by atoms with van der Waals surface area (Å²) in [5, 5.41) is 3.04. The summed E-state index contributed by atoms with van der Waals surface area (Å²) in [6, 6.07) is 18.9. The quantitative estimate of drug-likeness (QED) is 0.579. The lowest BCUT2D eigenvalue weighted by Gasteiger charge is -2.49. The van der Waals surface area contributed by atoms with Crippen LogP contribution >= 0.6 is 0 Å². The number of carbonyl (C=O) groups is 1. The van der Waals surface area contributed by atoms with Gasteiger partial charge in [-0.25, -0.2) is 8.78 Å². The van der Waals surface area contributed by atoms with E-state index in [1.54, 1.807) is 13.2 Å². The molecule has 0 radical (unpaired) electrons. The third-order valence-electron chi connectivity index (χ3n) is 7.02. The molecule has 35 heavy (non-hydrogen) atoms. The summed E-state index contributed by atoms with van der Waals surface area (Å²) >= 11 is 0. The van der Waals surface area contributed by atoms with Gasteiger partial charge in [-0.05, 0) is 53.4 Å². The van der Waals surface area contributed by atoms with Crippen LogP contribution < -0.4 is 15.0 Å². The van der Waals surface area contributed by atoms with E-state index in [2.05, 4.69) is 21.2 Å². The maximum absolute atomic E-state index is 13.6. The first-order chi connectivity index (χ1) is 17.0. The fraction of sp³-hybridized carbons (Fsp3) is 0.321. The van der Waals surface area contributed by atoms with Gasteiger partial charge in [0.05, 0.1) is 19.1 Å². The van der Waals surface area contributed by atoms with Crippen LogP contribution in [0.4, 0.5) is 14.5 Å². The Balaban J connectivity index is 1.37. The van der Waals surface area contributed by atoms with Gasteiger partial charge in [0.25, 0.3) is 0 Å². The molecule has 2 aliphatic rings. The van der Waals surface area contributed by atoms with Crippen LogP contribution in [0.1, 0.15) is 16.7 Å². The summed E-state index contributed by atoms with van der Waals surface area (Å²) in [6.07, 6.45) is 0.625. The Morgan fingerprint density at radius 2 is 1.83 bits per heavy atom. The Labute approximate surface area is 204 Å². The van der Waals surface area contributed by atoms with Crippen LogP contribution in [0, 0.1) is 17.6 Å². The molecule has 5 rings (SSSR count). The lowest BCUT2D eigenvalue weighted by molar-refractivity contribution is -0.126. The van der Waals surface area contributed by atoms with E-state index in [1.165, 1.54) is 24.3 Å².